The van der Waals surface area contributed by atoms with Gasteiger partial charge < -0.3 is 10.0 Å². The van der Waals surface area contributed by atoms with Crippen LogP contribution in [0.1, 0.15) is 49.7 Å². The molecule has 0 bridgehead atoms. The number of piperidine rings is 1. The smallest absolute Gasteiger partial charge is 0.225 e. The zero-order chi connectivity index (χ0) is 15.4. The third-order valence-electron chi connectivity index (χ3n) is 5.36. The number of benzene rings is 1. The minimum Gasteiger partial charge on any atom is -0.392 e. The van der Waals surface area contributed by atoms with E-state index in [-0.39, 0.29) is 6.61 Å². The predicted octanol–water partition coefficient (Wildman–Crippen LogP) is 3.15. The van der Waals surface area contributed by atoms with E-state index in [0.29, 0.717) is 17.7 Å². The van der Waals surface area contributed by atoms with Gasteiger partial charge >= 0.3 is 0 Å². The molecule has 0 spiro atoms. The molecule has 3 heteroatoms. The van der Waals surface area contributed by atoms with Crippen LogP contribution in [0.5, 0.6) is 0 Å². The number of carbonyl (C=O) groups excluding carboxylic acids is 1. The lowest BCUT2D eigenvalue weighted by Crippen LogP contribution is -2.41. The number of nitrogens with zero attached hydrogens (tertiary/aromatic N) is 1. The molecule has 0 aromatic heterocycles. The molecule has 0 unspecified atom stereocenters. The summed E-state index contributed by atoms with van der Waals surface area (Å²) in [4.78, 5) is 14.6. The summed E-state index contributed by atoms with van der Waals surface area (Å²) >= 11 is 0. The summed E-state index contributed by atoms with van der Waals surface area (Å²) in [6.07, 6.45) is 8.02. The highest BCUT2D eigenvalue weighted by molar-refractivity contribution is 5.79. The Bertz CT molecular complexity index is 483. The van der Waals surface area contributed by atoms with Crippen LogP contribution in [0.15, 0.2) is 24.3 Å². The maximum atomic E-state index is 12.4. The molecule has 22 heavy (non-hydrogen) atoms. The number of amides is 1. The molecule has 0 atom stereocenters. The second-order valence-corrected chi connectivity index (χ2v) is 6.93. The lowest BCUT2D eigenvalue weighted by molar-refractivity contribution is -0.136. The molecule has 2 aliphatic rings. The van der Waals surface area contributed by atoms with Crippen molar-refractivity contribution < 1.29 is 9.90 Å². The third kappa shape index (κ3) is 3.70. The summed E-state index contributed by atoms with van der Waals surface area (Å²) in [6, 6.07) is 8.27. The average molecular weight is 301 g/mol. The molecule has 1 heterocycles. The first kappa shape index (κ1) is 15.5. The van der Waals surface area contributed by atoms with E-state index in [1.54, 1.807) is 0 Å². The summed E-state index contributed by atoms with van der Waals surface area (Å²) in [6.45, 7) is 1.99. The Hall–Kier alpha value is -1.35. The molecule has 120 valence electrons. The zero-order valence-electron chi connectivity index (χ0n) is 13.3. The van der Waals surface area contributed by atoms with Gasteiger partial charge in [-0.1, -0.05) is 37.1 Å². The number of aliphatic hydroxyl groups is 1. The fourth-order valence-corrected chi connectivity index (χ4v) is 3.90. The first-order valence-electron chi connectivity index (χ1n) is 8.73. The molecular formula is C19H27NO2. The molecule has 1 aliphatic heterocycles. The van der Waals surface area contributed by atoms with Gasteiger partial charge in [0.2, 0.25) is 5.91 Å². The van der Waals surface area contributed by atoms with Gasteiger partial charge in [0.1, 0.15) is 0 Å². The maximum absolute atomic E-state index is 12.4. The summed E-state index contributed by atoms with van der Waals surface area (Å²) in [5, 5.41) is 9.08. The topological polar surface area (TPSA) is 40.5 Å². The van der Waals surface area contributed by atoms with Crippen molar-refractivity contribution in [1.82, 2.24) is 4.90 Å². The number of hydrogen-bond donors (Lipinski definition) is 1. The Morgan fingerprint density at radius 2 is 1.59 bits per heavy atom. The van der Waals surface area contributed by atoms with E-state index >= 15 is 0 Å². The lowest BCUT2D eigenvalue weighted by atomic mass is 9.89. The van der Waals surface area contributed by atoms with Gasteiger partial charge in [-0.05, 0) is 49.1 Å². The van der Waals surface area contributed by atoms with Crippen molar-refractivity contribution in [3.63, 3.8) is 0 Å². The van der Waals surface area contributed by atoms with Gasteiger partial charge in [-0.15, -0.1) is 0 Å². The summed E-state index contributed by atoms with van der Waals surface area (Å²) in [7, 11) is 0. The fourth-order valence-electron chi connectivity index (χ4n) is 3.90. The Morgan fingerprint density at radius 3 is 2.18 bits per heavy atom. The first-order valence-corrected chi connectivity index (χ1v) is 8.73. The van der Waals surface area contributed by atoms with Crippen molar-refractivity contribution in [3.8, 4) is 0 Å². The van der Waals surface area contributed by atoms with Crippen LogP contribution in [0.3, 0.4) is 0 Å². The predicted molar refractivity (Wildman–Crippen MR) is 87.3 cm³/mol. The van der Waals surface area contributed by atoms with E-state index in [2.05, 4.69) is 17.0 Å². The minimum absolute atomic E-state index is 0.113. The van der Waals surface area contributed by atoms with Gasteiger partial charge in [0.05, 0.1) is 6.61 Å². The van der Waals surface area contributed by atoms with E-state index in [1.807, 2.05) is 12.1 Å². The minimum atomic E-state index is 0.113. The monoisotopic (exact) mass is 301 g/mol. The van der Waals surface area contributed by atoms with Crippen molar-refractivity contribution in [1.29, 1.82) is 0 Å². The molecule has 1 aromatic carbocycles. The van der Waals surface area contributed by atoms with Crippen molar-refractivity contribution in [2.75, 3.05) is 13.1 Å². The van der Waals surface area contributed by atoms with Crippen molar-refractivity contribution in [2.24, 2.45) is 11.8 Å². The van der Waals surface area contributed by atoms with Gasteiger partial charge in [-0.2, -0.15) is 0 Å². The number of rotatable bonds is 4. The zero-order valence-corrected chi connectivity index (χ0v) is 13.3. The highest BCUT2D eigenvalue weighted by Crippen LogP contribution is 2.29. The van der Waals surface area contributed by atoms with E-state index in [9.17, 15) is 4.79 Å². The van der Waals surface area contributed by atoms with Crippen LogP contribution in [0.25, 0.3) is 0 Å². The Balaban J connectivity index is 1.47. The van der Waals surface area contributed by atoms with E-state index < -0.39 is 0 Å². The molecule has 1 saturated heterocycles. The standard InChI is InChI=1S/C19H27NO2/c21-14-17-7-5-15(6-8-17)13-16-9-11-20(12-10-16)19(22)18-3-1-2-4-18/h5-8,16,18,21H,1-4,9-14H2. The molecule has 0 radical (unpaired) electrons. The number of carbonyl (C=O) groups is 1. The highest BCUT2D eigenvalue weighted by Gasteiger charge is 2.29. The summed E-state index contributed by atoms with van der Waals surface area (Å²) in [5.74, 6) is 1.43. The average Bonchev–Trinajstić information content (AvgIpc) is 3.10. The number of likely N-dealkylation sites (tertiary alicyclic amines) is 1. The number of aliphatic hydroxyl groups excluding tert-OH is 1. The first-order chi connectivity index (χ1) is 10.8. The summed E-state index contributed by atoms with van der Waals surface area (Å²) in [5.41, 5.74) is 2.32. The van der Waals surface area contributed by atoms with Crippen LogP contribution in [0, 0.1) is 11.8 Å². The van der Waals surface area contributed by atoms with Crippen LogP contribution in [-0.4, -0.2) is 29.0 Å². The third-order valence-corrected chi connectivity index (χ3v) is 5.36. The van der Waals surface area contributed by atoms with Crippen LogP contribution in [0.2, 0.25) is 0 Å². The van der Waals surface area contributed by atoms with Gasteiger partial charge in [-0.25, -0.2) is 0 Å². The molecule has 3 rings (SSSR count). The molecule has 1 aromatic rings. The second-order valence-electron chi connectivity index (χ2n) is 6.93. The van der Waals surface area contributed by atoms with E-state index in [0.717, 1.165) is 50.8 Å². The Morgan fingerprint density at radius 1 is 1.00 bits per heavy atom. The molecule has 1 saturated carbocycles. The molecule has 1 N–H and O–H groups in total. The fraction of sp³-hybridized carbons (Fsp3) is 0.632. The Labute approximate surface area is 133 Å². The molecule has 2 fully saturated rings. The van der Waals surface area contributed by atoms with Gasteiger partial charge in [0.15, 0.2) is 0 Å². The van der Waals surface area contributed by atoms with Crippen molar-refractivity contribution in [2.45, 2.75) is 51.6 Å². The van der Waals surface area contributed by atoms with E-state index in [1.165, 1.54) is 18.4 Å². The normalized spacial score (nSPS) is 20.5. The highest BCUT2D eigenvalue weighted by atomic mass is 16.3. The lowest BCUT2D eigenvalue weighted by Gasteiger charge is -2.33. The maximum Gasteiger partial charge on any atom is 0.225 e. The van der Waals surface area contributed by atoms with Crippen molar-refractivity contribution >= 4 is 5.91 Å². The molecule has 1 amide bonds. The molecule has 1 aliphatic carbocycles. The van der Waals surface area contributed by atoms with Gasteiger partial charge in [0.25, 0.3) is 0 Å². The van der Waals surface area contributed by atoms with Crippen LogP contribution >= 0.6 is 0 Å². The Kier molecular flexibility index (Phi) is 5.14. The summed E-state index contributed by atoms with van der Waals surface area (Å²) < 4.78 is 0. The van der Waals surface area contributed by atoms with E-state index in [4.69, 9.17) is 5.11 Å². The SMILES string of the molecule is O=C(C1CCCC1)N1CCC(Cc2ccc(CO)cc2)CC1. The van der Waals surface area contributed by atoms with Crippen LogP contribution in [0.4, 0.5) is 0 Å². The van der Waals surface area contributed by atoms with Gasteiger partial charge in [-0.3, -0.25) is 4.79 Å². The van der Waals surface area contributed by atoms with Crippen molar-refractivity contribution in [3.05, 3.63) is 35.4 Å². The largest absolute Gasteiger partial charge is 0.392 e. The van der Waals surface area contributed by atoms with Crippen LogP contribution < -0.4 is 0 Å². The molecular weight excluding hydrogens is 274 g/mol. The molecule has 3 nitrogen and oxygen atoms in total. The number of hydrogen-bond acceptors (Lipinski definition) is 2. The quantitative estimate of drug-likeness (QED) is 0.928. The van der Waals surface area contributed by atoms with Gasteiger partial charge in [0, 0.05) is 19.0 Å². The van der Waals surface area contributed by atoms with Crippen LogP contribution in [-0.2, 0) is 17.8 Å². The second kappa shape index (κ2) is 7.28.